The molecule has 0 unspecified atom stereocenters. The lowest BCUT2D eigenvalue weighted by molar-refractivity contribution is 0.414. The van der Waals surface area contributed by atoms with Gasteiger partial charge in [0.05, 0.1) is 13.7 Å². The minimum atomic E-state index is 0.397. The average Bonchev–Trinajstić information content (AvgIpc) is 2.72. The van der Waals surface area contributed by atoms with Gasteiger partial charge in [-0.25, -0.2) is 0 Å². The van der Waals surface area contributed by atoms with Crippen LogP contribution in [0.2, 0.25) is 5.22 Å². The van der Waals surface area contributed by atoms with E-state index >= 15 is 0 Å². The van der Waals surface area contributed by atoms with Crippen LogP contribution in [0.25, 0.3) is 0 Å². The molecule has 1 aromatic carbocycles. The van der Waals surface area contributed by atoms with Gasteiger partial charge in [0.1, 0.15) is 11.5 Å². The van der Waals surface area contributed by atoms with Crippen molar-refractivity contribution in [3.63, 3.8) is 0 Å². The Labute approximate surface area is 113 Å². The van der Waals surface area contributed by atoms with Crippen molar-refractivity contribution in [2.45, 2.75) is 6.54 Å². The van der Waals surface area contributed by atoms with Crippen molar-refractivity contribution in [1.82, 2.24) is 0 Å². The Kier molecular flexibility index (Phi) is 3.97. The molecule has 0 amide bonds. The molecule has 2 rings (SSSR count). The molecule has 2 aromatic rings. The number of furan rings is 1. The Morgan fingerprint density at radius 3 is 2.82 bits per heavy atom. The highest BCUT2D eigenvalue weighted by atomic mass is 79.9. The van der Waals surface area contributed by atoms with Crippen LogP contribution in [0.5, 0.6) is 5.75 Å². The van der Waals surface area contributed by atoms with E-state index in [0.29, 0.717) is 11.8 Å². The number of rotatable bonds is 4. The first-order valence-electron chi connectivity index (χ1n) is 5.00. The number of ether oxygens (including phenoxy) is 1. The molecule has 0 aliphatic rings. The number of methoxy groups -OCH3 is 1. The van der Waals surface area contributed by atoms with Crippen LogP contribution in [0, 0.1) is 0 Å². The summed E-state index contributed by atoms with van der Waals surface area (Å²) in [6.07, 6.45) is 0. The first-order chi connectivity index (χ1) is 8.17. The molecule has 0 saturated carbocycles. The second-order valence-corrected chi connectivity index (χ2v) is 4.73. The smallest absolute Gasteiger partial charge is 0.193 e. The van der Waals surface area contributed by atoms with E-state index in [-0.39, 0.29) is 0 Å². The lowest BCUT2D eigenvalue weighted by Crippen LogP contribution is -1.98. The van der Waals surface area contributed by atoms with Gasteiger partial charge in [0.2, 0.25) is 0 Å². The largest absolute Gasteiger partial charge is 0.497 e. The summed E-state index contributed by atoms with van der Waals surface area (Å²) in [6, 6.07) is 9.34. The van der Waals surface area contributed by atoms with Crippen LogP contribution < -0.4 is 10.1 Å². The highest BCUT2D eigenvalue weighted by molar-refractivity contribution is 9.10. The fourth-order valence-corrected chi connectivity index (χ4v) is 2.05. The normalized spacial score (nSPS) is 10.3. The lowest BCUT2D eigenvalue weighted by Gasteiger charge is -2.07. The molecule has 5 heteroatoms. The van der Waals surface area contributed by atoms with E-state index in [1.165, 1.54) is 0 Å². The molecule has 0 aliphatic carbocycles. The van der Waals surface area contributed by atoms with Gasteiger partial charge < -0.3 is 14.5 Å². The lowest BCUT2D eigenvalue weighted by atomic mass is 10.3. The molecule has 0 spiro atoms. The zero-order chi connectivity index (χ0) is 12.3. The van der Waals surface area contributed by atoms with E-state index in [1.54, 1.807) is 13.2 Å². The van der Waals surface area contributed by atoms with E-state index in [1.807, 2.05) is 24.3 Å². The summed E-state index contributed by atoms with van der Waals surface area (Å²) in [5.74, 6) is 1.58. The SMILES string of the molecule is COc1cc(Br)cc(NCc2ccc(Cl)o2)c1. The number of hydrogen-bond donors (Lipinski definition) is 1. The van der Waals surface area contributed by atoms with Crippen LogP contribution in [-0.2, 0) is 6.54 Å². The van der Waals surface area contributed by atoms with Crippen molar-refractivity contribution in [3.8, 4) is 5.75 Å². The summed E-state index contributed by atoms with van der Waals surface area (Å²) in [5, 5.41) is 3.62. The zero-order valence-corrected chi connectivity index (χ0v) is 11.5. The van der Waals surface area contributed by atoms with Crippen molar-refractivity contribution >= 4 is 33.2 Å². The molecule has 0 radical (unpaired) electrons. The standard InChI is InChI=1S/C12H11BrClNO2/c1-16-11-5-8(13)4-9(6-11)15-7-10-2-3-12(14)17-10/h2-6,15H,7H2,1H3. The molecular formula is C12H11BrClNO2. The average molecular weight is 317 g/mol. The van der Waals surface area contributed by atoms with Gasteiger partial charge in [0.15, 0.2) is 5.22 Å². The quantitative estimate of drug-likeness (QED) is 0.912. The Morgan fingerprint density at radius 2 is 2.18 bits per heavy atom. The third kappa shape index (κ3) is 3.41. The molecule has 1 heterocycles. The molecule has 17 heavy (non-hydrogen) atoms. The summed E-state index contributed by atoms with van der Waals surface area (Å²) in [5.41, 5.74) is 0.948. The van der Waals surface area contributed by atoms with E-state index in [0.717, 1.165) is 21.7 Å². The van der Waals surface area contributed by atoms with E-state index in [9.17, 15) is 0 Å². The van der Waals surface area contributed by atoms with Crippen LogP contribution in [0.15, 0.2) is 39.2 Å². The van der Waals surface area contributed by atoms with Gasteiger partial charge in [-0.2, -0.15) is 0 Å². The number of nitrogens with one attached hydrogen (secondary N) is 1. The minimum absolute atomic E-state index is 0.397. The maximum Gasteiger partial charge on any atom is 0.193 e. The molecule has 0 aliphatic heterocycles. The van der Waals surface area contributed by atoms with Crippen molar-refractivity contribution in [1.29, 1.82) is 0 Å². The molecule has 3 nitrogen and oxygen atoms in total. The molecule has 1 N–H and O–H groups in total. The molecule has 90 valence electrons. The Morgan fingerprint density at radius 1 is 1.35 bits per heavy atom. The van der Waals surface area contributed by atoms with Gasteiger partial charge in [-0.15, -0.1) is 0 Å². The van der Waals surface area contributed by atoms with Gasteiger partial charge in [-0.3, -0.25) is 0 Å². The van der Waals surface area contributed by atoms with Crippen LogP contribution in [0.4, 0.5) is 5.69 Å². The van der Waals surface area contributed by atoms with Crippen LogP contribution in [-0.4, -0.2) is 7.11 Å². The number of benzene rings is 1. The van der Waals surface area contributed by atoms with E-state index in [2.05, 4.69) is 21.2 Å². The first-order valence-corrected chi connectivity index (χ1v) is 6.17. The second kappa shape index (κ2) is 5.47. The van der Waals surface area contributed by atoms with Gasteiger partial charge >= 0.3 is 0 Å². The Balaban J connectivity index is 2.05. The molecule has 1 aromatic heterocycles. The van der Waals surface area contributed by atoms with Crippen molar-refractivity contribution in [3.05, 3.63) is 45.8 Å². The van der Waals surface area contributed by atoms with Crippen molar-refractivity contribution in [2.24, 2.45) is 0 Å². The van der Waals surface area contributed by atoms with Crippen LogP contribution in [0.3, 0.4) is 0 Å². The second-order valence-electron chi connectivity index (χ2n) is 3.44. The minimum Gasteiger partial charge on any atom is -0.497 e. The predicted octanol–water partition coefficient (Wildman–Crippen LogP) is 4.32. The van der Waals surface area contributed by atoms with Gasteiger partial charge in [-0.1, -0.05) is 15.9 Å². The number of anilines is 1. The van der Waals surface area contributed by atoms with Gasteiger partial charge in [0, 0.05) is 16.2 Å². The maximum atomic E-state index is 5.69. The zero-order valence-electron chi connectivity index (χ0n) is 9.17. The van der Waals surface area contributed by atoms with Gasteiger partial charge in [-0.05, 0) is 35.9 Å². The van der Waals surface area contributed by atoms with Crippen LogP contribution >= 0.6 is 27.5 Å². The fraction of sp³-hybridized carbons (Fsp3) is 0.167. The van der Waals surface area contributed by atoms with Crippen molar-refractivity contribution < 1.29 is 9.15 Å². The highest BCUT2D eigenvalue weighted by Gasteiger charge is 2.02. The Bertz CT molecular complexity index is 513. The fourth-order valence-electron chi connectivity index (χ4n) is 1.42. The summed E-state index contributed by atoms with van der Waals surface area (Å²) >= 11 is 9.11. The molecular weight excluding hydrogens is 305 g/mol. The number of hydrogen-bond acceptors (Lipinski definition) is 3. The Hall–Kier alpha value is -1.13. The summed E-state index contributed by atoms with van der Waals surface area (Å²) in [4.78, 5) is 0. The highest BCUT2D eigenvalue weighted by Crippen LogP contribution is 2.25. The molecule has 0 fully saturated rings. The third-order valence-corrected chi connectivity index (χ3v) is 2.86. The van der Waals surface area contributed by atoms with Crippen molar-refractivity contribution in [2.75, 3.05) is 12.4 Å². The predicted molar refractivity (Wildman–Crippen MR) is 71.7 cm³/mol. The third-order valence-electron chi connectivity index (χ3n) is 2.20. The summed E-state index contributed by atoms with van der Waals surface area (Å²) < 4.78 is 11.4. The van der Waals surface area contributed by atoms with Gasteiger partial charge in [0.25, 0.3) is 0 Å². The molecule has 0 atom stereocenters. The summed E-state index contributed by atoms with van der Waals surface area (Å²) in [7, 11) is 1.64. The number of halogens is 2. The topological polar surface area (TPSA) is 34.4 Å². The van der Waals surface area contributed by atoms with Crippen LogP contribution in [0.1, 0.15) is 5.76 Å². The first kappa shape index (κ1) is 12.3. The van der Waals surface area contributed by atoms with E-state index < -0.39 is 0 Å². The monoisotopic (exact) mass is 315 g/mol. The molecule has 0 saturated heterocycles. The summed E-state index contributed by atoms with van der Waals surface area (Å²) in [6.45, 7) is 0.576. The van der Waals surface area contributed by atoms with E-state index in [4.69, 9.17) is 20.8 Å². The maximum absolute atomic E-state index is 5.69. The molecule has 0 bridgehead atoms.